The van der Waals surface area contributed by atoms with Crippen LogP contribution in [0.1, 0.15) is 0 Å². The topological polar surface area (TPSA) is 73.8 Å². The smallest absolute Gasteiger partial charge is 0.138 e. The van der Waals surface area contributed by atoms with Gasteiger partial charge in [0.1, 0.15) is 28.6 Å². The molecule has 0 radical (unpaired) electrons. The zero-order valence-electron chi connectivity index (χ0n) is 9.29. The monoisotopic (exact) mass is 242 g/mol. The highest BCUT2D eigenvalue weighted by molar-refractivity contribution is 5.88. The van der Waals surface area contributed by atoms with Crippen LogP contribution in [0.3, 0.4) is 0 Å². The standard InChI is InChI=1S/C14H10O4/c15-9-4-8(5-10(16)6-9)14-7-11-12(17)2-1-3-13(11)18-14/h1-7,15-17H. The van der Waals surface area contributed by atoms with Crippen LogP contribution in [0.4, 0.5) is 0 Å². The van der Waals surface area contributed by atoms with E-state index in [0.717, 1.165) is 0 Å². The van der Waals surface area contributed by atoms with Gasteiger partial charge in [0.25, 0.3) is 0 Å². The largest absolute Gasteiger partial charge is 0.508 e. The maximum atomic E-state index is 9.68. The summed E-state index contributed by atoms with van der Waals surface area (Å²) in [6.45, 7) is 0. The lowest BCUT2D eigenvalue weighted by atomic mass is 10.1. The minimum Gasteiger partial charge on any atom is -0.508 e. The van der Waals surface area contributed by atoms with E-state index in [-0.39, 0.29) is 17.2 Å². The molecule has 0 fully saturated rings. The highest BCUT2D eigenvalue weighted by atomic mass is 16.3. The molecule has 0 amide bonds. The maximum Gasteiger partial charge on any atom is 0.138 e. The molecule has 0 aliphatic carbocycles. The maximum absolute atomic E-state index is 9.68. The molecule has 0 aliphatic heterocycles. The second kappa shape index (κ2) is 3.70. The second-order valence-corrected chi connectivity index (χ2v) is 4.04. The number of hydrogen-bond acceptors (Lipinski definition) is 4. The molecule has 0 saturated heterocycles. The third kappa shape index (κ3) is 1.64. The Labute approximate surface area is 102 Å². The number of hydrogen-bond donors (Lipinski definition) is 3. The van der Waals surface area contributed by atoms with Gasteiger partial charge in [0.05, 0.1) is 5.39 Å². The first kappa shape index (κ1) is 10.5. The molecule has 1 heterocycles. The molecule has 4 nitrogen and oxygen atoms in total. The van der Waals surface area contributed by atoms with Gasteiger partial charge in [-0.25, -0.2) is 0 Å². The summed E-state index contributed by atoms with van der Waals surface area (Å²) in [5, 5.41) is 29.1. The van der Waals surface area contributed by atoms with Crippen LogP contribution in [0.25, 0.3) is 22.3 Å². The Morgan fingerprint density at radius 2 is 1.56 bits per heavy atom. The Morgan fingerprint density at radius 1 is 0.833 bits per heavy atom. The van der Waals surface area contributed by atoms with E-state index in [1.54, 1.807) is 24.3 Å². The minimum absolute atomic E-state index is 0.0466. The molecule has 4 heteroatoms. The molecular formula is C14H10O4. The van der Waals surface area contributed by atoms with E-state index in [2.05, 4.69) is 0 Å². The fourth-order valence-electron chi connectivity index (χ4n) is 1.93. The van der Waals surface area contributed by atoms with Crippen molar-refractivity contribution in [2.24, 2.45) is 0 Å². The van der Waals surface area contributed by atoms with Crippen LogP contribution < -0.4 is 0 Å². The lowest BCUT2D eigenvalue weighted by molar-refractivity contribution is 0.450. The molecule has 3 N–H and O–H groups in total. The van der Waals surface area contributed by atoms with Gasteiger partial charge in [0.2, 0.25) is 0 Å². The zero-order valence-corrected chi connectivity index (χ0v) is 9.29. The van der Waals surface area contributed by atoms with Crippen molar-refractivity contribution in [3.8, 4) is 28.6 Å². The molecule has 1 aromatic heterocycles. The van der Waals surface area contributed by atoms with Crippen molar-refractivity contribution < 1.29 is 19.7 Å². The average Bonchev–Trinajstić information content (AvgIpc) is 2.73. The van der Waals surface area contributed by atoms with Gasteiger partial charge in [-0.15, -0.1) is 0 Å². The number of fused-ring (bicyclic) bond motifs is 1. The third-order valence-electron chi connectivity index (χ3n) is 2.73. The number of benzene rings is 2. The molecular weight excluding hydrogens is 232 g/mol. The zero-order chi connectivity index (χ0) is 12.7. The predicted octanol–water partition coefficient (Wildman–Crippen LogP) is 3.22. The van der Waals surface area contributed by atoms with Crippen LogP contribution in [0.5, 0.6) is 17.2 Å². The van der Waals surface area contributed by atoms with E-state index in [1.807, 2.05) is 0 Å². The van der Waals surface area contributed by atoms with Crippen molar-refractivity contribution in [1.82, 2.24) is 0 Å². The molecule has 0 bridgehead atoms. The van der Waals surface area contributed by atoms with Crippen LogP contribution in [-0.2, 0) is 0 Å². The lowest BCUT2D eigenvalue weighted by Crippen LogP contribution is -1.74. The Kier molecular flexibility index (Phi) is 2.16. The minimum atomic E-state index is -0.0466. The first-order chi connectivity index (χ1) is 8.63. The summed E-state index contributed by atoms with van der Waals surface area (Å²) < 4.78 is 5.56. The summed E-state index contributed by atoms with van der Waals surface area (Å²) in [5.41, 5.74) is 1.09. The van der Waals surface area contributed by atoms with E-state index in [4.69, 9.17) is 4.42 Å². The third-order valence-corrected chi connectivity index (χ3v) is 2.73. The number of rotatable bonds is 1. The predicted molar refractivity (Wildman–Crippen MR) is 66.6 cm³/mol. The van der Waals surface area contributed by atoms with Crippen LogP contribution in [-0.4, -0.2) is 15.3 Å². The molecule has 0 unspecified atom stereocenters. The molecule has 3 rings (SSSR count). The quantitative estimate of drug-likeness (QED) is 0.612. The highest BCUT2D eigenvalue weighted by Gasteiger charge is 2.10. The van der Waals surface area contributed by atoms with Gasteiger partial charge in [0.15, 0.2) is 0 Å². The summed E-state index contributed by atoms with van der Waals surface area (Å²) in [7, 11) is 0. The molecule has 0 spiro atoms. The Bertz CT molecular complexity index is 707. The summed E-state index contributed by atoms with van der Waals surface area (Å²) >= 11 is 0. The van der Waals surface area contributed by atoms with Crippen molar-refractivity contribution in [3.05, 3.63) is 42.5 Å². The van der Waals surface area contributed by atoms with Crippen LogP contribution >= 0.6 is 0 Å². The Balaban J connectivity index is 2.22. The number of phenols is 3. The van der Waals surface area contributed by atoms with Crippen molar-refractivity contribution in [2.75, 3.05) is 0 Å². The molecule has 3 aromatic rings. The fraction of sp³-hybridized carbons (Fsp3) is 0. The van der Waals surface area contributed by atoms with Gasteiger partial charge in [0, 0.05) is 11.6 Å². The Morgan fingerprint density at radius 3 is 2.22 bits per heavy atom. The summed E-state index contributed by atoms with van der Waals surface area (Å²) in [4.78, 5) is 0. The number of phenolic OH excluding ortho intramolecular Hbond substituents is 3. The second-order valence-electron chi connectivity index (χ2n) is 4.04. The van der Waals surface area contributed by atoms with E-state index >= 15 is 0 Å². The van der Waals surface area contributed by atoms with Gasteiger partial charge in [-0.3, -0.25) is 0 Å². The first-order valence-electron chi connectivity index (χ1n) is 5.38. The Hall–Kier alpha value is -2.62. The van der Waals surface area contributed by atoms with Crippen LogP contribution in [0.15, 0.2) is 46.9 Å². The van der Waals surface area contributed by atoms with Crippen molar-refractivity contribution >= 4 is 11.0 Å². The van der Waals surface area contributed by atoms with Crippen molar-refractivity contribution in [3.63, 3.8) is 0 Å². The van der Waals surface area contributed by atoms with Crippen molar-refractivity contribution in [2.45, 2.75) is 0 Å². The number of furan rings is 1. The molecule has 18 heavy (non-hydrogen) atoms. The van der Waals surface area contributed by atoms with E-state index < -0.39 is 0 Å². The highest BCUT2D eigenvalue weighted by Crippen LogP contribution is 2.35. The molecule has 0 saturated carbocycles. The summed E-state index contributed by atoms with van der Waals surface area (Å²) in [6, 6.07) is 10.9. The normalized spacial score (nSPS) is 10.9. The SMILES string of the molecule is Oc1cc(O)cc(-c2cc3c(O)cccc3o2)c1. The van der Waals surface area contributed by atoms with Gasteiger partial charge in [-0.2, -0.15) is 0 Å². The summed E-state index contributed by atoms with van der Waals surface area (Å²) in [6.07, 6.45) is 0. The fourth-order valence-corrected chi connectivity index (χ4v) is 1.93. The van der Waals surface area contributed by atoms with Gasteiger partial charge in [-0.05, 0) is 30.3 Å². The molecule has 90 valence electrons. The van der Waals surface area contributed by atoms with Crippen molar-refractivity contribution in [1.29, 1.82) is 0 Å². The summed E-state index contributed by atoms with van der Waals surface area (Å²) in [5.74, 6) is 0.508. The molecule has 0 atom stereocenters. The van der Waals surface area contributed by atoms with Gasteiger partial charge >= 0.3 is 0 Å². The van der Waals surface area contributed by atoms with E-state index in [1.165, 1.54) is 18.2 Å². The van der Waals surface area contributed by atoms with Crippen LogP contribution in [0, 0.1) is 0 Å². The average molecular weight is 242 g/mol. The number of aromatic hydroxyl groups is 3. The molecule has 0 aliphatic rings. The van der Waals surface area contributed by atoms with E-state index in [0.29, 0.717) is 22.3 Å². The van der Waals surface area contributed by atoms with E-state index in [9.17, 15) is 15.3 Å². The first-order valence-corrected chi connectivity index (χ1v) is 5.38. The van der Waals surface area contributed by atoms with Gasteiger partial charge < -0.3 is 19.7 Å². The molecule has 2 aromatic carbocycles. The van der Waals surface area contributed by atoms with Crippen LogP contribution in [0.2, 0.25) is 0 Å². The van der Waals surface area contributed by atoms with Gasteiger partial charge in [-0.1, -0.05) is 6.07 Å². The lowest BCUT2D eigenvalue weighted by Gasteiger charge is -1.99.